The summed E-state index contributed by atoms with van der Waals surface area (Å²) in [6, 6.07) is 14.5. The van der Waals surface area contributed by atoms with Crippen molar-refractivity contribution in [3.8, 4) is 17.0 Å². The van der Waals surface area contributed by atoms with Crippen molar-refractivity contribution in [3.63, 3.8) is 0 Å². The fourth-order valence-electron chi connectivity index (χ4n) is 3.98. The molecule has 1 aromatic carbocycles. The summed E-state index contributed by atoms with van der Waals surface area (Å²) >= 11 is 0. The van der Waals surface area contributed by atoms with E-state index in [-0.39, 0.29) is 6.04 Å². The highest BCUT2D eigenvalue weighted by Gasteiger charge is 2.16. The van der Waals surface area contributed by atoms with E-state index in [4.69, 9.17) is 9.47 Å². The fraction of sp³-hybridized carbons (Fsp3) is 0.400. The summed E-state index contributed by atoms with van der Waals surface area (Å²) in [5.41, 5.74) is 3.12. The molecule has 8 nitrogen and oxygen atoms in total. The van der Waals surface area contributed by atoms with E-state index in [0.29, 0.717) is 6.54 Å². The number of benzene rings is 1. The van der Waals surface area contributed by atoms with Crippen molar-refractivity contribution in [2.45, 2.75) is 13.0 Å². The van der Waals surface area contributed by atoms with E-state index in [0.717, 1.165) is 60.8 Å². The molecule has 1 N–H and O–H groups in total. The highest BCUT2D eigenvalue weighted by molar-refractivity contribution is 5.65. The zero-order chi connectivity index (χ0) is 23.2. The van der Waals surface area contributed by atoms with Crippen molar-refractivity contribution < 1.29 is 9.47 Å². The van der Waals surface area contributed by atoms with Crippen LogP contribution in [0.5, 0.6) is 5.75 Å². The van der Waals surface area contributed by atoms with Gasteiger partial charge in [0.2, 0.25) is 0 Å². The van der Waals surface area contributed by atoms with Crippen LogP contribution >= 0.6 is 0 Å². The Labute approximate surface area is 195 Å². The third kappa shape index (κ3) is 5.77. The third-order valence-electron chi connectivity index (χ3n) is 5.81. The highest BCUT2D eigenvalue weighted by Crippen LogP contribution is 2.25. The molecule has 0 aliphatic carbocycles. The van der Waals surface area contributed by atoms with E-state index in [1.165, 1.54) is 5.56 Å². The second kappa shape index (κ2) is 10.6. The Morgan fingerprint density at radius 3 is 2.55 bits per heavy atom. The minimum absolute atomic E-state index is 0.184. The summed E-state index contributed by atoms with van der Waals surface area (Å²) in [5.74, 6) is 3.34. The van der Waals surface area contributed by atoms with E-state index >= 15 is 0 Å². The Bertz CT molecular complexity index is 1050. The number of morpholine rings is 1. The summed E-state index contributed by atoms with van der Waals surface area (Å²) in [5, 5.41) is 3.52. The maximum Gasteiger partial charge on any atom is 0.130 e. The van der Waals surface area contributed by atoms with Crippen molar-refractivity contribution in [3.05, 3.63) is 60.0 Å². The summed E-state index contributed by atoms with van der Waals surface area (Å²) in [6.45, 7) is 5.80. The molecule has 3 aromatic rings. The van der Waals surface area contributed by atoms with Gasteiger partial charge in [-0.2, -0.15) is 0 Å². The van der Waals surface area contributed by atoms with Gasteiger partial charge < -0.3 is 24.6 Å². The van der Waals surface area contributed by atoms with Gasteiger partial charge >= 0.3 is 0 Å². The smallest absolute Gasteiger partial charge is 0.130 e. The number of nitrogens with zero attached hydrogens (tertiary/aromatic N) is 5. The van der Waals surface area contributed by atoms with Crippen LogP contribution in [0.1, 0.15) is 17.4 Å². The van der Waals surface area contributed by atoms with Gasteiger partial charge in [0.05, 0.1) is 32.1 Å². The van der Waals surface area contributed by atoms with E-state index < -0.39 is 0 Å². The zero-order valence-corrected chi connectivity index (χ0v) is 19.8. The molecule has 0 amide bonds. The average molecular weight is 449 g/mol. The highest BCUT2D eigenvalue weighted by atomic mass is 16.5. The van der Waals surface area contributed by atoms with Gasteiger partial charge in [0.15, 0.2) is 0 Å². The monoisotopic (exact) mass is 448 g/mol. The Balaban J connectivity index is 1.52. The topological polar surface area (TPSA) is 75.6 Å². The van der Waals surface area contributed by atoms with Gasteiger partial charge in [-0.1, -0.05) is 12.1 Å². The number of aromatic nitrogens is 3. The molecule has 1 atom stereocenters. The Morgan fingerprint density at radius 1 is 1.09 bits per heavy atom. The van der Waals surface area contributed by atoms with Gasteiger partial charge in [0.1, 0.15) is 23.2 Å². The van der Waals surface area contributed by atoms with Crippen LogP contribution in [0.15, 0.2) is 48.7 Å². The lowest BCUT2D eigenvalue weighted by molar-refractivity contribution is 0.122. The zero-order valence-electron chi connectivity index (χ0n) is 19.8. The van der Waals surface area contributed by atoms with E-state index in [1.54, 1.807) is 7.11 Å². The number of likely N-dealkylation sites (N-methyl/N-ethyl adjacent to an activating group) is 1. The van der Waals surface area contributed by atoms with Gasteiger partial charge in [0.25, 0.3) is 0 Å². The van der Waals surface area contributed by atoms with Gasteiger partial charge in [0, 0.05) is 37.5 Å². The summed E-state index contributed by atoms with van der Waals surface area (Å²) in [4.78, 5) is 18.3. The molecule has 1 saturated heterocycles. The quantitative estimate of drug-likeness (QED) is 0.562. The van der Waals surface area contributed by atoms with Crippen LogP contribution in [0.2, 0.25) is 0 Å². The molecule has 33 heavy (non-hydrogen) atoms. The largest absolute Gasteiger partial charge is 0.497 e. The number of pyridine rings is 1. The van der Waals surface area contributed by atoms with Crippen molar-refractivity contribution >= 4 is 11.6 Å². The number of aryl methyl sites for hydroxylation is 1. The molecule has 1 aliphatic heterocycles. The Hall–Kier alpha value is -3.23. The second-order valence-electron chi connectivity index (χ2n) is 8.32. The SMILES string of the molecule is COc1ccc(C(CNc2cc(-c3ccnc(N4CCOCC4)c3)nc(C)n2)N(C)C)cc1. The first-order chi connectivity index (χ1) is 16.0. The number of anilines is 2. The number of nitrogens with one attached hydrogen (secondary N) is 1. The lowest BCUT2D eigenvalue weighted by Crippen LogP contribution is -2.36. The Morgan fingerprint density at radius 2 is 1.85 bits per heavy atom. The molecule has 4 rings (SSSR count). The minimum Gasteiger partial charge on any atom is -0.497 e. The van der Waals surface area contributed by atoms with Gasteiger partial charge in [-0.3, -0.25) is 0 Å². The predicted molar refractivity (Wildman–Crippen MR) is 131 cm³/mol. The molecule has 0 spiro atoms. The predicted octanol–water partition coefficient (Wildman–Crippen LogP) is 3.41. The molecule has 3 heterocycles. The first-order valence-corrected chi connectivity index (χ1v) is 11.2. The van der Waals surface area contributed by atoms with Crippen LogP contribution < -0.4 is 15.0 Å². The summed E-state index contributed by atoms with van der Waals surface area (Å²) < 4.78 is 10.8. The molecule has 0 radical (unpaired) electrons. The number of rotatable bonds is 8. The van der Waals surface area contributed by atoms with E-state index in [2.05, 4.69) is 62.4 Å². The van der Waals surface area contributed by atoms with Crippen LogP contribution in [-0.2, 0) is 4.74 Å². The lowest BCUT2D eigenvalue weighted by Gasteiger charge is -2.28. The molecule has 0 saturated carbocycles. The van der Waals surface area contributed by atoms with E-state index in [9.17, 15) is 0 Å². The second-order valence-corrected chi connectivity index (χ2v) is 8.32. The van der Waals surface area contributed by atoms with Gasteiger partial charge in [-0.15, -0.1) is 0 Å². The number of hydrogen-bond donors (Lipinski definition) is 1. The minimum atomic E-state index is 0.184. The van der Waals surface area contributed by atoms with Crippen molar-refractivity contribution in [1.29, 1.82) is 0 Å². The summed E-state index contributed by atoms with van der Waals surface area (Å²) in [6.07, 6.45) is 1.84. The first-order valence-electron chi connectivity index (χ1n) is 11.2. The molecule has 0 bridgehead atoms. The van der Waals surface area contributed by atoms with Crippen molar-refractivity contribution in [2.24, 2.45) is 0 Å². The molecular formula is C25H32N6O2. The maximum absolute atomic E-state index is 5.47. The molecule has 1 aliphatic rings. The molecule has 174 valence electrons. The van der Waals surface area contributed by atoms with Crippen molar-refractivity contribution in [2.75, 3.05) is 64.3 Å². The fourth-order valence-corrected chi connectivity index (χ4v) is 3.98. The van der Waals surface area contributed by atoms with Crippen LogP contribution in [0, 0.1) is 6.92 Å². The van der Waals surface area contributed by atoms with Crippen LogP contribution in [-0.4, -0.2) is 73.9 Å². The Kier molecular flexibility index (Phi) is 7.36. The first kappa shape index (κ1) is 22.9. The van der Waals surface area contributed by atoms with Crippen LogP contribution in [0.3, 0.4) is 0 Å². The molecule has 1 fully saturated rings. The number of hydrogen-bond acceptors (Lipinski definition) is 8. The summed E-state index contributed by atoms with van der Waals surface area (Å²) in [7, 11) is 5.84. The van der Waals surface area contributed by atoms with Gasteiger partial charge in [-0.25, -0.2) is 15.0 Å². The molecule has 8 heteroatoms. The normalized spacial score (nSPS) is 14.9. The maximum atomic E-state index is 5.47. The van der Waals surface area contributed by atoms with Gasteiger partial charge in [-0.05, 0) is 50.8 Å². The molecular weight excluding hydrogens is 416 g/mol. The van der Waals surface area contributed by atoms with Crippen LogP contribution in [0.4, 0.5) is 11.6 Å². The molecule has 1 unspecified atom stereocenters. The standard InChI is InChI=1S/C25H32N6O2/c1-18-28-22(20-9-10-26-25(15-20)31-11-13-33-14-12-31)16-24(29-18)27-17-23(30(2)3)19-5-7-21(32-4)8-6-19/h5-10,15-16,23H,11-14,17H2,1-4H3,(H,27,28,29). The van der Waals surface area contributed by atoms with Crippen LogP contribution in [0.25, 0.3) is 11.3 Å². The third-order valence-corrected chi connectivity index (χ3v) is 5.81. The number of ether oxygens (including phenoxy) is 2. The average Bonchev–Trinajstić information content (AvgIpc) is 2.84. The van der Waals surface area contributed by atoms with E-state index in [1.807, 2.05) is 37.4 Å². The lowest BCUT2D eigenvalue weighted by atomic mass is 10.1. The van der Waals surface area contributed by atoms with Crippen molar-refractivity contribution in [1.82, 2.24) is 19.9 Å². The molecule has 2 aromatic heterocycles. The number of methoxy groups -OCH3 is 1.